The molecule has 0 spiro atoms. The van der Waals surface area contributed by atoms with Crippen LogP contribution in [0.15, 0.2) is 205 Å². The number of rotatable bonds is 5. The van der Waals surface area contributed by atoms with Gasteiger partial charge in [-0.15, -0.1) is 0 Å². The van der Waals surface area contributed by atoms with Crippen LogP contribution in [0.1, 0.15) is 0 Å². The van der Waals surface area contributed by atoms with Gasteiger partial charge in [0.25, 0.3) is 0 Å². The quantitative estimate of drug-likeness (QED) is 0.165. The predicted molar refractivity (Wildman–Crippen MR) is 227 cm³/mol. The number of nitrogens with zero attached hydrogens (tertiary/aromatic N) is 1. The van der Waals surface area contributed by atoms with Crippen molar-refractivity contribution >= 4 is 54.3 Å². The summed E-state index contributed by atoms with van der Waals surface area (Å²) in [7, 11) is 0. The minimum atomic E-state index is 0.879. The molecule has 2 heterocycles. The van der Waals surface area contributed by atoms with E-state index >= 15 is 0 Å². The molecule has 0 saturated heterocycles. The Bertz CT molecular complexity index is 3150. The Hall–Kier alpha value is -7.16. The normalized spacial score (nSPS) is 11.7. The first-order valence-electron chi connectivity index (χ1n) is 18.5. The zero-order valence-electron chi connectivity index (χ0n) is 29.4. The van der Waals surface area contributed by atoms with E-state index in [1.54, 1.807) is 0 Å². The summed E-state index contributed by atoms with van der Waals surface area (Å²) >= 11 is 0. The highest BCUT2D eigenvalue weighted by molar-refractivity contribution is 6.23. The second-order valence-electron chi connectivity index (χ2n) is 14.1. The average Bonchev–Trinajstić information content (AvgIpc) is 3.83. The summed E-state index contributed by atoms with van der Waals surface area (Å²) in [6.07, 6.45) is 0. The topological polar surface area (TPSA) is 18.1 Å². The highest BCUT2D eigenvalue weighted by atomic mass is 16.3. The fourth-order valence-corrected chi connectivity index (χ4v) is 8.52. The summed E-state index contributed by atoms with van der Waals surface area (Å²) in [6.45, 7) is 0. The second kappa shape index (κ2) is 12.2. The van der Waals surface area contributed by atoms with Crippen molar-refractivity contribution in [3.63, 3.8) is 0 Å². The van der Waals surface area contributed by atoms with Gasteiger partial charge in [-0.2, -0.15) is 0 Å². The van der Waals surface area contributed by atoms with Crippen LogP contribution in [0.3, 0.4) is 0 Å². The Kier molecular flexibility index (Phi) is 6.90. The van der Waals surface area contributed by atoms with Crippen molar-refractivity contribution in [3.8, 4) is 50.4 Å². The summed E-state index contributed by atoms with van der Waals surface area (Å²) in [5.41, 5.74) is 12.8. The Balaban J connectivity index is 1.17. The standard InChI is InChI=1S/C52H33NO/c1-3-13-34(14-4-1)37-27-29-44-46(31-37)52(39-28-30-48-45(32-39)41-18-10-11-21-47(41)53(48)40-16-5-2-6-17-40)43-20-9-8-19-42(43)51(44)36-25-23-35(24-26-36)50-33-38-15-7-12-22-49(38)54-50/h1-33H. The SMILES string of the molecule is c1ccc(-c2ccc3c(-c4ccc(-c5cc6ccccc6o5)cc4)c4ccccc4c(-c4ccc5c(c4)c4ccccc4n5-c4ccccc4)c3c2)cc1. The van der Waals surface area contributed by atoms with E-state index in [0.717, 1.165) is 28.0 Å². The van der Waals surface area contributed by atoms with Gasteiger partial charge >= 0.3 is 0 Å². The van der Waals surface area contributed by atoms with Crippen LogP contribution in [0, 0.1) is 0 Å². The van der Waals surface area contributed by atoms with Crippen LogP contribution in [-0.2, 0) is 0 Å². The third kappa shape index (κ3) is 4.81. The van der Waals surface area contributed by atoms with E-state index in [2.05, 4.69) is 193 Å². The molecule has 54 heavy (non-hydrogen) atoms. The highest BCUT2D eigenvalue weighted by Gasteiger charge is 2.20. The third-order valence-electron chi connectivity index (χ3n) is 11.0. The molecular weight excluding hydrogens is 655 g/mol. The molecule has 0 fully saturated rings. The molecule has 0 N–H and O–H groups in total. The van der Waals surface area contributed by atoms with E-state index in [1.807, 2.05) is 12.1 Å². The first-order valence-corrected chi connectivity index (χ1v) is 18.5. The van der Waals surface area contributed by atoms with Gasteiger partial charge in [-0.1, -0.05) is 152 Å². The number of benzene rings is 9. The lowest BCUT2D eigenvalue weighted by Gasteiger charge is -2.19. The molecular formula is C52H33NO. The van der Waals surface area contributed by atoms with Gasteiger partial charge in [-0.3, -0.25) is 0 Å². The van der Waals surface area contributed by atoms with Crippen molar-refractivity contribution in [2.24, 2.45) is 0 Å². The molecule has 0 aliphatic rings. The number of hydrogen-bond donors (Lipinski definition) is 0. The molecule has 9 aromatic carbocycles. The van der Waals surface area contributed by atoms with Crippen molar-refractivity contribution in [1.82, 2.24) is 4.57 Å². The van der Waals surface area contributed by atoms with Crippen molar-refractivity contribution in [1.29, 1.82) is 0 Å². The van der Waals surface area contributed by atoms with Crippen LogP contribution in [0.2, 0.25) is 0 Å². The summed E-state index contributed by atoms with van der Waals surface area (Å²) < 4.78 is 8.63. The molecule has 2 aromatic heterocycles. The lowest BCUT2D eigenvalue weighted by atomic mass is 9.84. The minimum Gasteiger partial charge on any atom is -0.456 e. The molecule has 252 valence electrons. The van der Waals surface area contributed by atoms with Gasteiger partial charge < -0.3 is 8.98 Å². The van der Waals surface area contributed by atoms with Crippen molar-refractivity contribution in [3.05, 3.63) is 200 Å². The molecule has 0 saturated carbocycles. The zero-order valence-corrected chi connectivity index (χ0v) is 29.4. The van der Waals surface area contributed by atoms with E-state index < -0.39 is 0 Å². The number of para-hydroxylation sites is 3. The Morgan fingerprint density at radius 3 is 1.65 bits per heavy atom. The second-order valence-corrected chi connectivity index (χ2v) is 14.1. The van der Waals surface area contributed by atoms with Gasteiger partial charge in [0.05, 0.1) is 11.0 Å². The molecule has 0 aliphatic carbocycles. The zero-order chi connectivity index (χ0) is 35.6. The smallest absolute Gasteiger partial charge is 0.135 e. The van der Waals surface area contributed by atoms with Gasteiger partial charge in [0, 0.05) is 27.4 Å². The first-order chi connectivity index (χ1) is 26.8. The third-order valence-corrected chi connectivity index (χ3v) is 11.0. The van der Waals surface area contributed by atoms with Crippen LogP contribution < -0.4 is 0 Å². The maximum Gasteiger partial charge on any atom is 0.135 e. The largest absolute Gasteiger partial charge is 0.456 e. The Morgan fingerprint density at radius 2 is 0.870 bits per heavy atom. The molecule has 11 rings (SSSR count). The predicted octanol–water partition coefficient (Wildman–Crippen LogP) is 14.5. The van der Waals surface area contributed by atoms with Crippen LogP contribution in [0.4, 0.5) is 0 Å². The number of fused-ring (bicyclic) bond motifs is 6. The Morgan fingerprint density at radius 1 is 0.315 bits per heavy atom. The van der Waals surface area contributed by atoms with Gasteiger partial charge in [-0.05, 0) is 103 Å². The molecule has 0 atom stereocenters. The molecule has 0 bridgehead atoms. The van der Waals surface area contributed by atoms with Crippen LogP contribution >= 0.6 is 0 Å². The minimum absolute atomic E-state index is 0.879. The maximum atomic E-state index is 6.24. The van der Waals surface area contributed by atoms with Gasteiger partial charge in [-0.25, -0.2) is 0 Å². The van der Waals surface area contributed by atoms with Gasteiger partial charge in [0.15, 0.2) is 0 Å². The monoisotopic (exact) mass is 687 g/mol. The highest BCUT2D eigenvalue weighted by Crippen LogP contribution is 2.46. The van der Waals surface area contributed by atoms with Crippen LogP contribution in [-0.4, -0.2) is 4.57 Å². The lowest BCUT2D eigenvalue weighted by molar-refractivity contribution is 0.631. The van der Waals surface area contributed by atoms with Gasteiger partial charge in [0.2, 0.25) is 0 Å². The van der Waals surface area contributed by atoms with Crippen LogP contribution in [0.5, 0.6) is 0 Å². The molecule has 0 unspecified atom stereocenters. The summed E-state index contributed by atoms with van der Waals surface area (Å²) in [5, 5.41) is 8.53. The van der Waals surface area contributed by atoms with Crippen molar-refractivity contribution < 1.29 is 4.42 Å². The number of furan rings is 1. The van der Waals surface area contributed by atoms with E-state index in [0.29, 0.717) is 0 Å². The molecule has 0 radical (unpaired) electrons. The summed E-state index contributed by atoms with van der Waals surface area (Å²) in [6, 6.07) is 72.3. The lowest BCUT2D eigenvalue weighted by Crippen LogP contribution is -1.93. The molecule has 2 nitrogen and oxygen atoms in total. The van der Waals surface area contributed by atoms with E-state index in [4.69, 9.17) is 4.42 Å². The van der Waals surface area contributed by atoms with E-state index in [9.17, 15) is 0 Å². The fraction of sp³-hybridized carbons (Fsp3) is 0. The molecule has 0 amide bonds. The van der Waals surface area contributed by atoms with Crippen molar-refractivity contribution in [2.75, 3.05) is 0 Å². The molecule has 11 aromatic rings. The van der Waals surface area contributed by atoms with Gasteiger partial charge in [0.1, 0.15) is 11.3 Å². The fourth-order valence-electron chi connectivity index (χ4n) is 8.52. The number of hydrogen-bond acceptors (Lipinski definition) is 1. The molecule has 2 heteroatoms. The summed E-state index contributed by atoms with van der Waals surface area (Å²) in [4.78, 5) is 0. The summed E-state index contributed by atoms with van der Waals surface area (Å²) in [5.74, 6) is 0.879. The number of aromatic nitrogens is 1. The van der Waals surface area contributed by atoms with E-state index in [1.165, 1.54) is 76.7 Å². The van der Waals surface area contributed by atoms with Crippen molar-refractivity contribution in [2.45, 2.75) is 0 Å². The Labute approximate surface area is 312 Å². The average molecular weight is 688 g/mol. The maximum absolute atomic E-state index is 6.24. The molecule has 0 aliphatic heterocycles. The first kappa shape index (κ1) is 30.5. The van der Waals surface area contributed by atoms with Crippen LogP contribution in [0.25, 0.3) is 105 Å². The van der Waals surface area contributed by atoms with E-state index in [-0.39, 0.29) is 0 Å².